The number of rotatable bonds is 7. The predicted molar refractivity (Wildman–Crippen MR) is 145 cm³/mol. The van der Waals surface area contributed by atoms with E-state index in [2.05, 4.69) is 22.0 Å². The van der Waals surface area contributed by atoms with E-state index in [1.54, 1.807) is 23.8 Å². The standard InChI is InChI=1S/C29H29N3O3S/c1-31-18-24(21-11-6-7-14-25(21)31)27-26(28(33)30-19-9-8-10-20(17-19)36-3)22-12-4-5-13-23(22)29(34)32(27)15-16-35-2/h4-14,17-18,26-27H,15-16H2,1-3H3,(H,30,33)/t26-,27-/m1/s1. The molecule has 184 valence electrons. The molecule has 1 aliphatic heterocycles. The summed E-state index contributed by atoms with van der Waals surface area (Å²) < 4.78 is 7.43. The number of aryl methyl sites for hydroxylation is 1. The molecule has 3 aromatic carbocycles. The number of fused-ring (bicyclic) bond motifs is 2. The van der Waals surface area contributed by atoms with Crippen molar-refractivity contribution in [2.75, 3.05) is 31.8 Å². The van der Waals surface area contributed by atoms with Crippen molar-refractivity contribution in [2.24, 2.45) is 7.05 Å². The van der Waals surface area contributed by atoms with Gasteiger partial charge in [0.15, 0.2) is 0 Å². The van der Waals surface area contributed by atoms with E-state index in [4.69, 9.17) is 4.74 Å². The van der Waals surface area contributed by atoms with E-state index >= 15 is 0 Å². The lowest BCUT2D eigenvalue weighted by Gasteiger charge is -2.41. The monoisotopic (exact) mass is 499 g/mol. The van der Waals surface area contributed by atoms with E-state index in [1.165, 1.54) is 0 Å². The van der Waals surface area contributed by atoms with Crippen molar-refractivity contribution in [2.45, 2.75) is 16.9 Å². The molecule has 0 fully saturated rings. The summed E-state index contributed by atoms with van der Waals surface area (Å²) in [5.74, 6) is -0.831. The van der Waals surface area contributed by atoms with Crippen LogP contribution >= 0.6 is 11.8 Å². The number of hydrogen-bond acceptors (Lipinski definition) is 4. The molecule has 0 aliphatic carbocycles. The number of amides is 2. The van der Waals surface area contributed by atoms with Gasteiger partial charge >= 0.3 is 0 Å². The molecule has 36 heavy (non-hydrogen) atoms. The van der Waals surface area contributed by atoms with Crippen molar-refractivity contribution in [3.05, 3.63) is 95.7 Å². The van der Waals surface area contributed by atoms with Crippen molar-refractivity contribution in [1.82, 2.24) is 9.47 Å². The van der Waals surface area contributed by atoms with Crippen LogP contribution in [0.3, 0.4) is 0 Å². The fourth-order valence-corrected chi connectivity index (χ4v) is 5.65. The summed E-state index contributed by atoms with van der Waals surface area (Å²) in [6.45, 7) is 0.753. The Bertz CT molecular complexity index is 1430. The lowest BCUT2D eigenvalue weighted by atomic mass is 9.79. The second kappa shape index (κ2) is 10.2. The Hall–Kier alpha value is -3.55. The number of methoxy groups -OCH3 is 1. The molecule has 2 atom stereocenters. The Kier molecular flexibility index (Phi) is 6.85. The number of carbonyl (C=O) groups is 2. The Morgan fingerprint density at radius 2 is 1.81 bits per heavy atom. The van der Waals surface area contributed by atoms with Crippen LogP contribution in [0.2, 0.25) is 0 Å². The molecule has 0 spiro atoms. The third-order valence-electron chi connectivity index (χ3n) is 6.84. The largest absolute Gasteiger partial charge is 0.383 e. The first-order valence-electron chi connectivity index (χ1n) is 11.9. The molecule has 6 nitrogen and oxygen atoms in total. The second-order valence-electron chi connectivity index (χ2n) is 8.93. The lowest BCUT2D eigenvalue weighted by molar-refractivity contribution is -0.119. The zero-order valence-corrected chi connectivity index (χ0v) is 21.4. The lowest BCUT2D eigenvalue weighted by Crippen LogP contribution is -2.47. The van der Waals surface area contributed by atoms with Crippen LogP contribution < -0.4 is 5.32 Å². The van der Waals surface area contributed by atoms with Gasteiger partial charge in [-0.3, -0.25) is 9.59 Å². The van der Waals surface area contributed by atoms with Gasteiger partial charge in [-0.1, -0.05) is 42.5 Å². The Morgan fingerprint density at radius 1 is 1.03 bits per heavy atom. The number of hydrogen-bond donors (Lipinski definition) is 1. The summed E-state index contributed by atoms with van der Waals surface area (Å²) >= 11 is 1.62. The Morgan fingerprint density at radius 3 is 2.61 bits per heavy atom. The second-order valence-corrected chi connectivity index (χ2v) is 9.81. The Labute approximate surface area is 215 Å². The fraction of sp³-hybridized carbons (Fsp3) is 0.241. The molecular weight excluding hydrogens is 470 g/mol. The predicted octanol–water partition coefficient (Wildman–Crippen LogP) is 5.47. The van der Waals surface area contributed by atoms with Crippen LogP contribution in [-0.2, 0) is 16.6 Å². The van der Waals surface area contributed by atoms with Crippen LogP contribution in [0, 0.1) is 0 Å². The average Bonchev–Trinajstić information content (AvgIpc) is 3.24. The molecule has 4 aromatic rings. The maximum atomic E-state index is 14.1. The fourth-order valence-electron chi connectivity index (χ4n) is 5.19. The minimum atomic E-state index is -0.598. The van der Waals surface area contributed by atoms with Gasteiger partial charge in [-0.15, -0.1) is 11.8 Å². The molecule has 0 saturated carbocycles. The van der Waals surface area contributed by atoms with Crippen LogP contribution in [0.5, 0.6) is 0 Å². The number of nitrogens with one attached hydrogen (secondary N) is 1. The average molecular weight is 500 g/mol. The molecule has 1 aromatic heterocycles. The third-order valence-corrected chi connectivity index (χ3v) is 7.57. The topological polar surface area (TPSA) is 63.6 Å². The van der Waals surface area contributed by atoms with E-state index in [1.807, 2.05) is 80.2 Å². The highest BCUT2D eigenvalue weighted by molar-refractivity contribution is 7.98. The van der Waals surface area contributed by atoms with Gasteiger partial charge in [-0.2, -0.15) is 0 Å². The summed E-state index contributed by atoms with van der Waals surface area (Å²) in [5, 5.41) is 4.17. The van der Waals surface area contributed by atoms with Crippen LogP contribution in [-0.4, -0.2) is 47.8 Å². The number of thioether (sulfide) groups is 1. The smallest absolute Gasteiger partial charge is 0.254 e. The van der Waals surface area contributed by atoms with Crippen molar-refractivity contribution >= 4 is 40.2 Å². The van der Waals surface area contributed by atoms with Crippen LogP contribution in [0.1, 0.15) is 33.4 Å². The highest BCUT2D eigenvalue weighted by Crippen LogP contribution is 2.45. The van der Waals surface area contributed by atoms with Gasteiger partial charge in [0.05, 0.1) is 18.6 Å². The highest BCUT2D eigenvalue weighted by atomic mass is 32.2. The molecule has 0 bridgehead atoms. The summed E-state index contributed by atoms with van der Waals surface area (Å²) in [4.78, 5) is 30.7. The van der Waals surface area contributed by atoms with Crippen molar-refractivity contribution in [1.29, 1.82) is 0 Å². The molecule has 5 rings (SSSR count). The molecule has 0 radical (unpaired) electrons. The number of aromatic nitrogens is 1. The van der Waals surface area contributed by atoms with Crippen LogP contribution in [0.25, 0.3) is 10.9 Å². The summed E-state index contributed by atoms with van der Waals surface area (Å²) in [6.07, 6.45) is 4.05. The zero-order valence-electron chi connectivity index (χ0n) is 20.6. The SMILES string of the molecule is COCCN1C(=O)c2ccccc2[C@@H](C(=O)Nc2cccc(SC)c2)[C@H]1c1cn(C)c2ccccc12. The van der Waals surface area contributed by atoms with Gasteiger partial charge in [0.25, 0.3) is 5.91 Å². The maximum Gasteiger partial charge on any atom is 0.254 e. The van der Waals surface area contributed by atoms with Crippen LogP contribution in [0.4, 0.5) is 5.69 Å². The first-order chi connectivity index (χ1) is 17.5. The molecular formula is C29H29N3O3S. The van der Waals surface area contributed by atoms with Gasteiger partial charge in [-0.05, 0) is 42.2 Å². The minimum Gasteiger partial charge on any atom is -0.383 e. The highest BCUT2D eigenvalue weighted by Gasteiger charge is 2.45. The van der Waals surface area contributed by atoms with E-state index in [-0.39, 0.29) is 11.8 Å². The molecule has 0 unspecified atom stereocenters. The quantitative estimate of drug-likeness (QED) is 0.343. The summed E-state index contributed by atoms with van der Waals surface area (Å²) in [5.41, 5.74) is 4.04. The molecule has 2 amide bonds. The number of nitrogens with zero attached hydrogens (tertiary/aromatic N) is 2. The summed E-state index contributed by atoms with van der Waals surface area (Å²) in [6, 6.07) is 22.9. The van der Waals surface area contributed by atoms with E-state index in [0.29, 0.717) is 18.7 Å². The van der Waals surface area contributed by atoms with E-state index < -0.39 is 12.0 Å². The first-order valence-corrected chi connectivity index (χ1v) is 13.1. The van der Waals surface area contributed by atoms with Crippen molar-refractivity contribution in [3.63, 3.8) is 0 Å². The molecule has 2 heterocycles. The number of para-hydroxylation sites is 1. The van der Waals surface area contributed by atoms with Crippen LogP contribution in [0.15, 0.2) is 83.9 Å². The zero-order chi connectivity index (χ0) is 25.2. The number of anilines is 1. The third kappa shape index (κ3) is 4.29. The van der Waals surface area contributed by atoms with E-state index in [0.717, 1.165) is 32.6 Å². The molecule has 0 saturated heterocycles. The normalized spacial score (nSPS) is 17.3. The van der Waals surface area contributed by atoms with Crippen molar-refractivity contribution < 1.29 is 14.3 Å². The molecule has 1 aliphatic rings. The van der Waals surface area contributed by atoms with Gasteiger partial charge < -0.3 is 19.5 Å². The van der Waals surface area contributed by atoms with Gasteiger partial charge in [0, 0.05) is 59.5 Å². The Balaban J connectivity index is 1.68. The molecule has 7 heteroatoms. The van der Waals surface area contributed by atoms with Crippen molar-refractivity contribution in [3.8, 4) is 0 Å². The minimum absolute atomic E-state index is 0.0889. The number of carbonyl (C=O) groups excluding carboxylic acids is 2. The first kappa shape index (κ1) is 24.2. The van der Waals surface area contributed by atoms with Gasteiger partial charge in [-0.25, -0.2) is 0 Å². The maximum absolute atomic E-state index is 14.1. The number of ether oxygens (including phenoxy) is 1. The van der Waals surface area contributed by atoms with E-state index in [9.17, 15) is 9.59 Å². The van der Waals surface area contributed by atoms with Gasteiger partial charge in [0.1, 0.15) is 0 Å². The number of benzene rings is 3. The molecule has 1 N–H and O–H groups in total. The summed E-state index contributed by atoms with van der Waals surface area (Å²) in [7, 11) is 3.62. The van der Waals surface area contributed by atoms with Gasteiger partial charge in [0.2, 0.25) is 5.91 Å².